The lowest BCUT2D eigenvalue weighted by atomic mass is 10.2. The first-order valence-corrected chi connectivity index (χ1v) is 7.79. The van der Waals surface area contributed by atoms with E-state index in [-0.39, 0.29) is 35.9 Å². The molecule has 4 nitrogen and oxygen atoms in total. The van der Waals surface area contributed by atoms with E-state index in [2.05, 4.69) is 27.8 Å². The summed E-state index contributed by atoms with van der Waals surface area (Å²) in [5.41, 5.74) is 0. The topological polar surface area (TPSA) is 45.7 Å². The standard InChI is InChI=1S/C17H24FN3O.HI/c1-3-19-17(21-15-8-4-5-9-15)20-12-13(2)22-16-10-6-7-14(18)11-16;/h4-7,10-11,13,15H,3,8-9,12H2,1-2H3,(H2,19,20,21);1H. The summed E-state index contributed by atoms with van der Waals surface area (Å²) >= 11 is 0. The summed E-state index contributed by atoms with van der Waals surface area (Å²) in [5.74, 6) is 1.03. The summed E-state index contributed by atoms with van der Waals surface area (Å²) < 4.78 is 18.8. The number of hydrogen-bond acceptors (Lipinski definition) is 2. The minimum atomic E-state index is -0.294. The molecule has 128 valence electrons. The van der Waals surface area contributed by atoms with E-state index < -0.39 is 0 Å². The van der Waals surface area contributed by atoms with Gasteiger partial charge in [-0.15, -0.1) is 24.0 Å². The monoisotopic (exact) mass is 433 g/mol. The quantitative estimate of drug-likeness (QED) is 0.313. The van der Waals surface area contributed by atoms with Crippen LogP contribution in [0.3, 0.4) is 0 Å². The Labute approximate surface area is 154 Å². The molecule has 0 amide bonds. The highest BCUT2D eigenvalue weighted by molar-refractivity contribution is 14.0. The van der Waals surface area contributed by atoms with Crippen LogP contribution < -0.4 is 15.4 Å². The maximum Gasteiger partial charge on any atom is 0.191 e. The van der Waals surface area contributed by atoms with Gasteiger partial charge in [0.05, 0.1) is 6.54 Å². The third-order valence-electron chi connectivity index (χ3n) is 3.33. The van der Waals surface area contributed by atoms with Crippen LogP contribution in [0.4, 0.5) is 4.39 Å². The lowest BCUT2D eigenvalue weighted by Gasteiger charge is -2.18. The Morgan fingerprint density at radius 1 is 1.39 bits per heavy atom. The highest BCUT2D eigenvalue weighted by atomic mass is 127. The van der Waals surface area contributed by atoms with Crippen LogP contribution in [-0.2, 0) is 0 Å². The molecule has 1 aliphatic rings. The summed E-state index contributed by atoms with van der Waals surface area (Å²) in [5, 5.41) is 6.64. The van der Waals surface area contributed by atoms with Crippen molar-refractivity contribution in [3.05, 3.63) is 42.2 Å². The first kappa shape index (κ1) is 19.7. The highest BCUT2D eigenvalue weighted by Crippen LogP contribution is 2.14. The van der Waals surface area contributed by atoms with Crippen molar-refractivity contribution in [2.75, 3.05) is 13.1 Å². The molecule has 6 heteroatoms. The fourth-order valence-electron chi connectivity index (χ4n) is 2.28. The maximum atomic E-state index is 13.1. The lowest BCUT2D eigenvalue weighted by molar-refractivity contribution is 0.229. The van der Waals surface area contributed by atoms with Crippen molar-refractivity contribution >= 4 is 29.9 Å². The van der Waals surface area contributed by atoms with Crippen molar-refractivity contribution in [3.8, 4) is 5.75 Å². The van der Waals surface area contributed by atoms with Gasteiger partial charge in [0.2, 0.25) is 0 Å². The van der Waals surface area contributed by atoms with Crippen LogP contribution in [0.15, 0.2) is 41.4 Å². The van der Waals surface area contributed by atoms with Gasteiger partial charge in [0.25, 0.3) is 0 Å². The lowest BCUT2D eigenvalue weighted by Crippen LogP contribution is -2.43. The predicted molar refractivity (Wildman–Crippen MR) is 103 cm³/mol. The molecule has 0 fully saturated rings. The average Bonchev–Trinajstić information content (AvgIpc) is 2.98. The molecule has 2 N–H and O–H groups in total. The Kier molecular flexibility index (Phi) is 8.98. The Balaban J connectivity index is 0.00000264. The van der Waals surface area contributed by atoms with Gasteiger partial charge in [0.15, 0.2) is 5.96 Å². The van der Waals surface area contributed by atoms with Gasteiger partial charge in [-0.2, -0.15) is 0 Å². The molecule has 2 rings (SSSR count). The van der Waals surface area contributed by atoms with E-state index >= 15 is 0 Å². The average molecular weight is 433 g/mol. The smallest absolute Gasteiger partial charge is 0.191 e. The van der Waals surface area contributed by atoms with Crippen molar-refractivity contribution in [2.45, 2.75) is 38.8 Å². The number of rotatable bonds is 6. The van der Waals surface area contributed by atoms with E-state index in [1.807, 2.05) is 13.8 Å². The minimum Gasteiger partial charge on any atom is -0.489 e. The summed E-state index contributed by atoms with van der Waals surface area (Å²) in [7, 11) is 0. The summed E-state index contributed by atoms with van der Waals surface area (Å²) in [6.45, 7) is 5.28. The van der Waals surface area contributed by atoms with Gasteiger partial charge >= 0.3 is 0 Å². The first-order valence-electron chi connectivity index (χ1n) is 7.79. The number of nitrogens with one attached hydrogen (secondary N) is 2. The molecule has 0 radical (unpaired) electrons. The second kappa shape index (κ2) is 10.5. The maximum absolute atomic E-state index is 13.1. The van der Waals surface area contributed by atoms with E-state index in [1.165, 1.54) is 12.1 Å². The van der Waals surface area contributed by atoms with Crippen molar-refractivity contribution in [1.29, 1.82) is 0 Å². The Morgan fingerprint density at radius 3 is 2.78 bits per heavy atom. The van der Waals surface area contributed by atoms with E-state index in [1.54, 1.807) is 12.1 Å². The van der Waals surface area contributed by atoms with E-state index in [9.17, 15) is 4.39 Å². The molecule has 1 aromatic rings. The molecule has 0 saturated heterocycles. The fourth-order valence-corrected chi connectivity index (χ4v) is 2.28. The summed E-state index contributed by atoms with van der Waals surface area (Å²) in [4.78, 5) is 4.54. The van der Waals surface area contributed by atoms with Crippen LogP contribution in [0, 0.1) is 5.82 Å². The second-order valence-electron chi connectivity index (χ2n) is 5.39. The van der Waals surface area contributed by atoms with Crippen molar-refractivity contribution < 1.29 is 9.13 Å². The SMILES string of the molecule is CCNC(=NCC(C)Oc1cccc(F)c1)NC1CC=CC1.I. The van der Waals surface area contributed by atoms with Gasteiger partial charge in [-0.3, -0.25) is 0 Å². The molecule has 0 aromatic heterocycles. The molecule has 0 heterocycles. The molecule has 0 bridgehead atoms. The van der Waals surface area contributed by atoms with Crippen LogP contribution in [0.5, 0.6) is 5.75 Å². The highest BCUT2D eigenvalue weighted by Gasteiger charge is 2.12. The number of guanidine groups is 1. The zero-order valence-corrected chi connectivity index (χ0v) is 15.9. The zero-order chi connectivity index (χ0) is 15.8. The van der Waals surface area contributed by atoms with Crippen molar-refractivity contribution in [2.24, 2.45) is 4.99 Å². The Hall–Kier alpha value is -1.31. The molecule has 1 atom stereocenters. The van der Waals surface area contributed by atoms with Crippen LogP contribution >= 0.6 is 24.0 Å². The second-order valence-corrected chi connectivity index (χ2v) is 5.39. The van der Waals surface area contributed by atoms with Crippen LogP contribution in [0.2, 0.25) is 0 Å². The number of nitrogens with zero attached hydrogens (tertiary/aromatic N) is 1. The van der Waals surface area contributed by atoms with Gasteiger partial charge in [-0.05, 0) is 38.8 Å². The van der Waals surface area contributed by atoms with E-state index in [0.717, 1.165) is 25.3 Å². The largest absolute Gasteiger partial charge is 0.489 e. The Bertz CT molecular complexity index is 528. The van der Waals surface area contributed by atoms with Crippen molar-refractivity contribution in [3.63, 3.8) is 0 Å². The van der Waals surface area contributed by atoms with Gasteiger partial charge in [-0.25, -0.2) is 9.38 Å². The number of benzene rings is 1. The third-order valence-corrected chi connectivity index (χ3v) is 3.33. The van der Waals surface area contributed by atoms with Gasteiger partial charge < -0.3 is 15.4 Å². The van der Waals surface area contributed by atoms with Gasteiger partial charge in [0.1, 0.15) is 17.7 Å². The number of aliphatic imine (C=N–C) groups is 1. The van der Waals surface area contributed by atoms with Crippen molar-refractivity contribution in [1.82, 2.24) is 10.6 Å². The molecule has 0 saturated carbocycles. The van der Waals surface area contributed by atoms with Crippen LogP contribution in [0.25, 0.3) is 0 Å². The molecular formula is C17H25FIN3O. The summed E-state index contributed by atoms with van der Waals surface area (Å²) in [6, 6.07) is 6.58. The Morgan fingerprint density at radius 2 is 2.13 bits per heavy atom. The number of hydrogen-bond donors (Lipinski definition) is 2. The minimum absolute atomic E-state index is 0. The van der Waals surface area contributed by atoms with Crippen LogP contribution in [0.1, 0.15) is 26.7 Å². The number of halogens is 2. The van der Waals surface area contributed by atoms with Gasteiger partial charge in [0, 0.05) is 18.7 Å². The normalized spacial score (nSPS) is 15.9. The summed E-state index contributed by atoms with van der Waals surface area (Å²) in [6.07, 6.45) is 6.28. The third kappa shape index (κ3) is 7.20. The van der Waals surface area contributed by atoms with E-state index in [0.29, 0.717) is 18.3 Å². The van der Waals surface area contributed by atoms with Gasteiger partial charge in [-0.1, -0.05) is 18.2 Å². The zero-order valence-electron chi connectivity index (χ0n) is 13.6. The fraction of sp³-hybridized carbons (Fsp3) is 0.471. The predicted octanol–water partition coefficient (Wildman–Crippen LogP) is 3.48. The number of ether oxygens (including phenoxy) is 1. The van der Waals surface area contributed by atoms with Crippen LogP contribution in [-0.4, -0.2) is 31.2 Å². The molecule has 1 unspecified atom stereocenters. The molecule has 1 aliphatic carbocycles. The first-order chi connectivity index (χ1) is 10.7. The molecule has 0 spiro atoms. The molecule has 0 aliphatic heterocycles. The molecular weight excluding hydrogens is 408 g/mol. The molecule has 23 heavy (non-hydrogen) atoms. The molecule has 1 aromatic carbocycles. The van der Waals surface area contributed by atoms with E-state index in [4.69, 9.17) is 4.74 Å².